The molecule has 1 fully saturated rings. The first kappa shape index (κ1) is 21.7. The number of aliphatic imine (C=N–C) groups is 1. The average molecular weight is 433 g/mol. The van der Waals surface area contributed by atoms with Crippen LogP contribution in [-0.4, -0.2) is 61.4 Å². The maximum absolute atomic E-state index is 7.91. The fraction of sp³-hybridized carbons (Fsp3) is 0.292. The highest BCUT2D eigenvalue weighted by Gasteiger charge is 2.15. The van der Waals surface area contributed by atoms with E-state index in [0.717, 1.165) is 56.2 Å². The molecular formula is C24H28N6O2. The zero-order valence-corrected chi connectivity index (χ0v) is 18.0. The molecule has 32 heavy (non-hydrogen) atoms. The van der Waals surface area contributed by atoms with E-state index in [-0.39, 0.29) is 5.84 Å². The monoisotopic (exact) mass is 432 g/mol. The smallest absolute Gasteiger partial charge is 0.143 e. The van der Waals surface area contributed by atoms with Crippen molar-refractivity contribution in [1.29, 1.82) is 5.41 Å². The summed E-state index contributed by atoms with van der Waals surface area (Å²) < 4.78 is 11.3. The lowest BCUT2D eigenvalue weighted by Crippen LogP contribution is -2.37. The van der Waals surface area contributed by atoms with Gasteiger partial charge in [0.2, 0.25) is 0 Å². The van der Waals surface area contributed by atoms with Gasteiger partial charge < -0.3 is 20.5 Å². The Morgan fingerprint density at radius 1 is 1.16 bits per heavy atom. The number of nitrogens with zero attached hydrogens (tertiary/aromatic N) is 3. The summed E-state index contributed by atoms with van der Waals surface area (Å²) in [4.78, 5) is 11.2. The molecule has 4 rings (SSSR count). The first-order valence-corrected chi connectivity index (χ1v) is 10.7. The minimum atomic E-state index is -0.0877. The summed E-state index contributed by atoms with van der Waals surface area (Å²) in [5.41, 5.74) is 8.80. The minimum Gasteiger partial charge on any atom is -0.494 e. The van der Waals surface area contributed by atoms with E-state index in [4.69, 9.17) is 20.6 Å². The molecule has 4 N–H and O–H groups in total. The highest BCUT2D eigenvalue weighted by molar-refractivity contribution is 6.21. The molecule has 2 aromatic rings. The predicted molar refractivity (Wildman–Crippen MR) is 126 cm³/mol. The molecule has 1 aromatic heterocycles. The molecular weight excluding hydrogens is 404 g/mol. The third-order valence-corrected chi connectivity index (χ3v) is 5.30. The van der Waals surface area contributed by atoms with Gasteiger partial charge in [-0.3, -0.25) is 15.3 Å². The van der Waals surface area contributed by atoms with Crippen LogP contribution >= 0.6 is 0 Å². The van der Waals surface area contributed by atoms with E-state index in [0.29, 0.717) is 23.7 Å². The molecule has 166 valence electrons. The van der Waals surface area contributed by atoms with Crippen LogP contribution in [0.4, 0.5) is 0 Å². The van der Waals surface area contributed by atoms with Gasteiger partial charge >= 0.3 is 0 Å². The first-order valence-electron chi connectivity index (χ1n) is 10.7. The summed E-state index contributed by atoms with van der Waals surface area (Å²) in [6, 6.07) is 13.4. The second-order valence-corrected chi connectivity index (χ2v) is 7.53. The molecule has 3 heterocycles. The number of rotatable bonds is 8. The first-order chi connectivity index (χ1) is 15.7. The Morgan fingerprint density at radius 2 is 1.97 bits per heavy atom. The third kappa shape index (κ3) is 5.60. The number of hydrogen-bond acceptors (Lipinski definition) is 7. The molecule has 1 aromatic carbocycles. The molecule has 0 aliphatic carbocycles. The number of pyridine rings is 1. The van der Waals surface area contributed by atoms with Gasteiger partial charge in [-0.25, -0.2) is 4.99 Å². The summed E-state index contributed by atoms with van der Waals surface area (Å²) in [6.45, 7) is 5.39. The second kappa shape index (κ2) is 10.7. The number of morpholine rings is 1. The summed E-state index contributed by atoms with van der Waals surface area (Å²) in [5, 5.41) is 11.1. The number of nitrogens with one attached hydrogen (secondary N) is 2. The number of amidine groups is 1. The largest absolute Gasteiger partial charge is 0.494 e. The Kier molecular flexibility index (Phi) is 7.27. The third-order valence-electron chi connectivity index (χ3n) is 5.30. The molecule has 2 aliphatic rings. The van der Waals surface area contributed by atoms with Crippen molar-refractivity contribution in [2.45, 2.75) is 6.42 Å². The zero-order valence-electron chi connectivity index (χ0n) is 18.0. The maximum atomic E-state index is 7.91. The molecule has 0 saturated carbocycles. The van der Waals surface area contributed by atoms with Gasteiger partial charge in [0.25, 0.3) is 0 Å². The number of ether oxygens (including phenoxy) is 2. The van der Waals surface area contributed by atoms with Crippen LogP contribution in [0.5, 0.6) is 5.75 Å². The minimum absolute atomic E-state index is 0.0877. The van der Waals surface area contributed by atoms with E-state index in [1.807, 2.05) is 42.6 Å². The Labute approximate surface area is 188 Å². The molecule has 0 radical (unpaired) electrons. The Bertz CT molecular complexity index is 1010. The van der Waals surface area contributed by atoms with E-state index in [1.165, 1.54) is 0 Å². The summed E-state index contributed by atoms with van der Waals surface area (Å²) in [6.07, 6.45) is 6.27. The van der Waals surface area contributed by atoms with E-state index < -0.39 is 0 Å². The van der Waals surface area contributed by atoms with E-state index >= 15 is 0 Å². The summed E-state index contributed by atoms with van der Waals surface area (Å²) >= 11 is 0. The van der Waals surface area contributed by atoms with E-state index in [9.17, 15) is 0 Å². The summed E-state index contributed by atoms with van der Waals surface area (Å²) in [7, 11) is 0. The average Bonchev–Trinajstić information content (AvgIpc) is 2.84. The van der Waals surface area contributed by atoms with Crippen LogP contribution in [0.3, 0.4) is 0 Å². The molecule has 0 atom stereocenters. The standard InChI is InChI=1S/C24H28N6O2/c25-23(26)22(21-4-1-2-9-27-21)24-28-16-19(17-29-24)18-5-7-20(8-6-18)32-13-3-10-30-11-14-31-15-12-30/h1-2,4-9,16-17,28H,3,10-15H2,(H3,25,26)/b24-22+. The Balaban J connectivity index is 1.33. The predicted octanol–water partition coefficient (Wildman–Crippen LogP) is 2.50. The number of hydrogen-bond donors (Lipinski definition) is 3. The lowest BCUT2D eigenvalue weighted by Gasteiger charge is -2.26. The molecule has 0 amide bonds. The van der Waals surface area contributed by atoms with Crippen molar-refractivity contribution >= 4 is 23.2 Å². The van der Waals surface area contributed by atoms with Gasteiger partial charge in [0.15, 0.2) is 0 Å². The van der Waals surface area contributed by atoms with Crippen molar-refractivity contribution in [3.63, 3.8) is 0 Å². The quantitative estimate of drug-likeness (QED) is 0.336. The number of nitrogens with two attached hydrogens (primary N) is 1. The SMILES string of the molecule is N=C(N)/C(=C1/N=CC(c2ccc(OCCCN3CCOCC3)cc2)=CN1)c1ccccn1. The van der Waals surface area contributed by atoms with Crippen LogP contribution in [0.15, 0.2) is 65.7 Å². The topological polar surface area (TPSA) is 109 Å². The maximum Gasteiger partial charge on any atom is 0.143 e. The van der Waals surface area contributed by atoms with Crippen LogP contribution in [0.25, 0.3) is 11.1 Å². The van der Waals surface area contributed by atoms with Gasteiger partial charge in [0.05, 0.1) is 31.1 Å². The normalized spacial score (nSPS) is 17.9. The van der Waals surface area contributed by atoms with Gasteiger partial charge in [0, 0.05) is 43.8 Å². The Hall–Kier alpha value is -3.49. The summed E-state index contributed by atoms with van der Waals surface area (Å²) in [5.74, 6) is 1.27. The van der Waals surface area contributed by atoms with Crippen LogP contribution in [0.1, 0.15) is 17.7 Å². The zero-order chi connectivity index (χ0) is 22.2. The number of aromatic nitrogens is 1. The molecule has 1 saturated heterocycles. The Morgan fingerprint density at radius 3 is 2.62 bits per heavy atom. The van der Waals surface area contributed by atoms with Gasteiger partial charge in [-0.15, -0.1) is 0 Å². The molecule has 0 spiro atoms. The lowest BCUT2D eigenvalue weighted by molar-refractivity contribution is 0.0358. The number of allylic oxidation sites excluding steroid dienone is 1. The molecule has 0 unspecified atom stereocenters. The van der Waals surface area contributed by atoms with Gasteiger partial charge in [-0.1, -0.05) is 18.2 Å². The van der Waals surface area contributed by atoms with Gasteiger partial charge in [-0.2, -0.15) is 0 Å². The molecule has 0 bridgehead atoms. The van der Waals surface area contributed by atoms with Crippen molar-refractivity contribution < 1.29 is 9.47 Å². The highest BCUT2D eigenvalue weighted by atomic mass is 16.5. The lowest BCUT2D eigenvalue weighted by atomic mass is 10.1. The molecule has 8 nitrogen and oxygen atoms in total. The van der Waals surface area contributed by atoms with Crippen molar-refractivity contribution in [2.24, 2.45) is 10.7 Å². The molecule has 8 heteroatoms. The van der Waals surface area contributed by atoms with Crippen LogP contribution in [-0.2, 0) is 4.74 Å². The fourth-order valence-corrected chi connectivity index (χ4v) is 3.59. The highest BCUT2D eigenvalue weighted by Crippen LogP contribution is 2.22. The van der Waals surface area contributed by atoms with E-state index in [2.05, 4.69) is 20.2 Å². The van der Waals surface area contributed by atoms with Crippen molar-refractivity contribution in [3.05, 3.63) is 71.9 Å². The second-order valence-electron chi connectivity index (χ2n) is 7.53. The van der Waals surface area contributed by atoms with Crippen molar-refractivity contribution in [1.82, 2.24) is 15.2 Å². The van der Waals surface area contributed by atoms with Crippen LogP contribution < -0.4 is 15.8 Å². The van der Waals surface area contributed by atoms with Crippen molar-refractivity contribution in [3.8, 4) is 5.75 Å². The van der Waals surface area contributed by atoms with Gasteiger partial charge in [0.1, 0.15) is 17.4 Å². The fourth-order valence-electron chi connectivity index (χ4n) is 3.59. The van der Waals surface area contributed by atoms with E-state index in [1.54, 1.807) is 18.5 Å². The number of benzene rings is 1. The van der Waals surface area contributed by atoms with Crippen LogP contribution in [0, 0.1) is 5.41 Å². The molecule has 2 aliphatic heterocycles. The van der Waals surface area contributed by atoms with Crippen molar-refractivity contribution in [2.75, 3.05) is 39.5 Å². The van der Waals surface area contributed by atoms with Gasteiger partial charge in [-0.05, 0) is 36.2 Å². The van der Waals surface area contributed by atoms with Crippen LogP contribution in [0.2, 0.25) is 0 Å².